The largest absolute Gasteiger partial charge is 0.497 e. The average Bonchev–Trinajstić information content (AvgIpc) is 2.36. The predicted molar refractivity (Wildman–Crippen MR) is 66.9 cm³/mol. The van der Waals surface area contributed by atoms with Crippen LogP contribution in [-0.2, 0) is 0 Å². The van der Waals surface area contributed by atoms with E-state index in [-0.39, 0.29) is 0 Å². The van der Waals surface area contributed by atoms with Crippen LogP contribution < -0.4 is 14.9 Å². The fourth-order valence-corrected chi connectivity index (χ4v) is 1.78. The van der Waals surface area contributed by atoms with E-state index in [9.17, 15) is 10.0 Å². The van der Waals surface area contributed by atoms with E-state index in [4.69, 9.17) is 9.47 Å². The quantitative estimate of drug-likeness (QED) is 0.758. The molecule has 0 amide bonds. The fraction of sp³-hybridized carbons (Fsp3) is 0.167. The molecule has 0 aliphatic carbocycles. The summed E-state index contributed by atoms with van der Waals surface area (Å²) in [6.45, 7) is 0. The highest BCUT2D eigenvalue weighted by Crippen LogP contribution is 2.23. The van der Waals surface area contributed by atoms with Crippen LogP contribution in [0.3, 0.4) is 0 Å². The Morgan fingerprint density at radius 3 is 2.29 bits per heavy atom. The van der Waals surface area contributed by atoms with Crippen LogP contribution in [0.15, 0.2) is 30.3 Å². The van der Waals surface area contributed by atoms with E-state index in [0.717, 1.165) is 16.5 Å². The van der Waals surface area contributed by atoms with Gasteiger partial charge >= 0.3 is 7.12 Å². The SMILES string of the molecule is COc1ccc2cc(OC)c(B(O)O)cc2c1. The molecule has 0 aliphatic rings. The van der Waals surface area contributed by atoms with Gasteiger partial charge in [0.2, 0.25) is 0 Å². The molecule has 0 fully saturated rings. The van der Waals surface area contributed by atoms with Crippen molar-refractivity contribution in [3.8, 4) is 11.5 Å². The molecule has 0 saturated carbocycles. The van der Waals surface area contributed by atoms with Gasteiger partial charge in [-0.15, -0.1) is 0 Å². The molecule has 0 bridgehead atoms. The zero-order valence-electron chi connectivity index (χ0n) is 9.68. The van der Waals surface area contributed by atoms with Crippen molar-refractivity contribution < 1.29 is 19.5 Å². The van der Waals surface area contributed by atoms with Gasteiger partial charge in [0.1, 0.15) is 11.5 Å². The Hall–Kier alpha value is -1.72. The molecule has 88 valence electrons. The van der Waals surface area contributed by atoms with Crippen molar-refractivity contribution in [3.05, 3.63) is 30.3 Å². The molecule has 2 rings (SSSR count). The lowest BCUT2D eigenvalue weighted by Gasteiger charge is -2.10. The zero-order chi connectivity index (χ0) is 12.4. The number of methoxy groups -OCH3 is 2. The first kappa shape index (κ1) is 11.8. The third-order valence-electron chi connectivity index (χ3n) is 2.67. The van der Waals surface area contributed by atoms with E-state index >= 15 is 0 Å². The summed E-state index contributed by atoms with van der Waals surface area (Å²) in [5, 5.41) is 20.4. The first-order valence-corrected chi connectivity index (χ1v) is 5.17. The van der Waals surface area contributed by atoms with Crippen LogP contribution in [-0.4, -0.2) is 31.4 Å². The van der Waals surface area contributed by atoms with Crippen LogP contribution in [0.4, 0.5) is 0 Å². The number of rotatable bonds is 3. The average molecular weight is 232 g/mol. The lowest BCUT2D eigenvalue weighted by Crippen LogP contribution is -2.31. The van der Waals surface area contributed by atoms with Crippen LogP contribution >= 0.6 is 0 Å². The summed E-state index contributed by atoms with van der Waals surface area (Å²) in [4.78, 5) is 0. The van der Waals surface area contributed by atoms with Crippen molar-refractivity contribution in [1.29, 1.82) is 0 Å². The molecular weight excluding hydrogens is 219 g/mol. The number of fused-ring (bicyclic) bond motifs is 1. The Morgan fingerprint density at radius 2 is 1.71 bits per heavy atom. The van der Waals surface area contributed by atoms with E-state index in [1.54, 1.807) is 19.2 Å². The molecule has 0 spiro atoms. The lowest BCUT2D eigenvalue weighted by atomic mass is 9.78. The molecule has 0 aliphatic heterocycles. The van der Waals surface area contributed by atoms with Gasteiger partial charge in [-0.1, -0.05) is 12.1 Å². The molecular formula is C12H13BO4. The molecule has 2 N–H and O–H groups in total. The van der Waals surface area contributed by atoms with Gasteiger partial charge in [0.05, 0.1) is 14.2 Å². The highest BCUT2D eigenvalue weighted by molar-refractivity contribution is 6.60. The van der Waals surface area contributed by atoms with Crippen molar-refractivity contribution in [3.63, 3.8) is 0 Å². The topological polar surface area (TPSA) is 58.9 Å². The number of benzene rings is 2. The smallest absolute Gasteiger partial charge is 0.492 e. The van der Waals surface area contributed by atoms with Crippen molar-refractivity contribution in [1.82, 2.24) is 0 Å². The minimum Gasteiger partial charge on any atom is -0.497 e. The van der Waals surface area contributed by atoms with Crippen LogP contribution in [0.5, 0.6) is 11.5 Å². The third kappa shape index (κ3) is 2.20. The highest BCUT2D eigenvalue weighted by Gasteiger charge is 2.17. The van der Waals surface area contributed by atoms with Crippen LogP contribution in [0.1, 0.15) is 0 Å². The molecule has 0 radical (unpaired) electrons. The Kier molecular flexibility index (Phi) is 3.22. The van der Waals surface area contributed by atoms with E-state index < -0.39 is 7.12 Å². The molecule has 0 atom stereocenters. The summed E-state index contributed by atoms with van der Waals surface area (Å²) in [5.74, 6) is 1.18. The van der Waals surface area contributed by atoms with E-state index in [1.807, 2.05) is 18.2 Å². The summed E-state index contributed by atoms with van der Waals surface area (Å²) in [6.07, 6.45) is 0. The van der Waals surface area contributed by atoms with Gasteiger partial charge in [-0.2, -0.15) is 0 Å². The fourth-order valence-electron chi connectivity index (χ4n) is 1.78. The maximum absolute atomic E-state index is 9.27. The van der Waals surface area contributed by atoms with Gasteiger partial charge in [0.15, 0.2) is 0 Å². The van der Waals surface area contributed by atoms with Gasteiger partial charge < -0.3 is 19.5 Å². The first-order chi connectivity index (χ1) is 8.15. The summed E-state index contributed by atoms with van der Waals surface area (Å²) >= 11 is 0. The Morgan fingerprint density at radius 1 is 0.941 bits per heavy atom. The Balaban J connectivity index is 2.65. The summed E-state index contributed by atoms with van der Waals surface area (Å²) < 4.78 is 10.2. The summed E-state index contributed by atoms with van der Waals surface area (Å²) in [6, 6.07) is 9.02. The van der Waals surface area contributed by atoms with Crippen molar-refractivity contribution in [2.24, 2.45) is 0 Å². The van der Waals surface area contributed by atoms with Crippen molar-refractivity contribution >= 4 is 23.4 Å². The molecule has 5 heteroatoms. The van der Waals surface area contributed by atoms with Crippen LogP contribution in [0.25, 0.3) is 10.8 Å². The van der Waals surface area contributed by atoms with Gasteiger partial charge in [0, 0.05) is 5.46 Å². The molecule has 4 nitrogen and oxygen atoms in total. The number of hydrogen-bond donors (Lipinski definition) is 2. The predicted octanol–water partition coefficient (Wildman–Crippen LogP) is 0.537. The van der Waals surface area contributed by atoms with Gasteiger partial charge in [-0.05, 0) is 29.0 Å². The minimum atomic E-state index is -1.56. The van der Waals surface area contributed by atoms with Crippen molar-refractivity contribution in [2.75, 3.05) is 14.2 Å². The number of ether oxygens (including phenoxy) is 2. The molecule has 0 heterocycles. The third-order valence-corrected chi connectivity index (χ3v) is 2.67. The van der Waals surface area contributed by atoms with E-state index in [1.165, 1.54) is 7.11 Å². The molecule has 0 saturated heterocycles. The molecule has 0 aromatic heterocycles. The molecule has 0 unspecified atom stereocenters. The maximum Gasteiger partial charge on any atom is 0.492 e. The van der Waals surface area contributed by atoms with Gasteiger partial charge in [0.25, 0.3) is 0 Å². The summed E-state index contributed by atoms with van der Waals surface area (Å²) in [7, 11) is 1.53. The Labute approximate surface area is 99.6 Å². The second-order valence-corrected chi connectivity index (χ2v) is 3.68. The van der Waals surface area contributed by atoms with Gasteiger partial charge in [-0.25, -0.2) is 0 Å². The van der Waals surface area contributed by atoms with Crippen molar-refractivity contribution in [2.45, 2.75) is 0 Å². The van der Waals surface area contributed by atoms with E-state index in [0.29, 0.717) is 11.2 Å². The zero-order valence-corrected chi connectivity index (χ0v) is 9.68. The highest BCUT2D eigenvalue weighted by atomic mass is 16.5. The second-order valence-electron chi connectivity index (χ2n) is 3.68. The molecule has 2 aromatic carbocycles. The van der Waals surface area contributed by atoms with Crippen LogP contribution in [0.2, 0.25) is 0 Å². The summed E-state index contributed by atoms with van der Waals surface area (Å²) in [5.41, 5.74) is 0.341. The Bertz CT molecular complexity index is 539. The second kappa shape index (κ2) is 4.65. The standard InChI is InChI=1S/C12H13BO4/c1-16-10-4-3-8-7-12(17-2)11(13(14)15)6-9(8)5-10/h3-7,14-15H,1-2H3. The molecule has 17 heavy (non-hydrogen) atoms. The monoisotopic (exact) mass is 232 g/mol. The van der Waals surface area contributed by atoms with E-state index in [2.05, 4.69) is 0 Å². The van der Waals surface area contributed by atoms with Gasteiger partial charge in [-0.3, -0.25) is 0 Å². The minimum absolute atomic E-state index is 0.341. The number of hydrogen-bond acceptors (Lipinski definition) is 4. The van der Waals surface area contributed by atoms with Crippen LogP contribution in [0, 0.1) is 0 Å². The maximum atomic E-state index is 9.27. The first-order valence-electron chi connectivity index (χ1n) is 5.17. The normalized spacial score (nSPS) is 10.4. The molecule has 2 aromatic rings. The lowest BCUT2D eigenvalue weighted by molar-refractivity contribution is 0.403.